The van der Waals surface area contributed by atoms with Crippen LogP contribution in [0.1, 0.15) is 5.69 Å². The van der Waals surface area contributed by atoms with E-state index in [-0.39, 0.29) is 11.8 Å². The van der Waals surface area contributed by atoms with Crippen LogP contribution in [0.2, 0.25) is 0 Å². The largest absolute Gasteiger partial charge is 0.369 e. The van der Waals surface area contributed by atoms with Crippen molar-refractivity contribution in [3.8, 4) is 0 Å². The Morgan fingerprint density at radius 1 is 1.44 bits per heavy atom. The van der Waals surface area contributed by atoms with Crippen molar-refractivity contribution in [2.75, 3.05) is 33.2 Å². The number of hydrogen-bond acceptors (Lipinski definition) is 5. The first-order chi connectivity index (χ1) is 8.65. The third-order valence-electron chi connectivity index (χ3n) is 3.21. The number of primary amides is 1. The van der Waals surface area contributed by atoms with Crippen molar-refractivity contribution in [2.24, 2.45) is 11.7 Å². The van der Waals surface area contributed by atoms with Gasteiger partial charge < -0.3 is 10.6 Å². The molecule has 2 rings (SSSR count). The average Bonchev–Trinajstić information content (AvgIpc) is 2.53. The van der Waals surface area contributed by atoms with E-state index in [0.717, 1.165) is 25.3 Å². The zero-order chi connectivity index (χ0) is 13.0. The smallest absolute Gasteiger partial charge is 0.223 e. The minimum Gasteiger partial charge on any atom is -0.369 e. The van der Waals surface area contributed by atoms with Crippen LogP contribution >= 0.6 is 0 Å². The number of amides is 1. The van der Waals surface area contributed by atoms with E-state index < -0.39 is 0 Å². The van der Waals surface area contributed by atoms with Crippen LogP contribution in [0.4, 0.5) is 0 Å². The van der Waals surface area contributed by atoms with Crippen LogP contribution in [-0.2, 0) is 11.3 Å². The number of carbonyl (C=O) groups excluding carboxylic acids is 1. The van der Waals surface area contributed by atoms with E-state index in [4.69, 9.17) is 5.73 Å². The molecule has 0 spiro atoms. The Balaban J connectivity index is 2.01. The van der Waals surface area contributed by atoms with Gasteiger partial charge in [-0.3, -0.25) is 19.7 Å². The highest BCUT2D eigenvalue weighted by Crippen LogP contribution is 2.10. The molecule has 6 heteroatoms. The van der Waals surface area contributed by atoms with Crippen LogP contribution in [0.25, 0.3) is 0 Å². The van der Waals surface area contributed by atoms with Crippen molar-refractivity contribution >= 4 is 5.91 Å². The van der Waals surface area contributed by atoms with Crippen molar-refractivity contribution in [2.45, 2.75) is 6.54 Å². The van der Waals surface area contributed by atoms with E-state index in [2.05, 4.69) is 19.8 Å². The zero-order valence-corrected chi connectivity index (χ0v) is 10.6. The number of nitrogens with zero attached hydrogens (tertiary/aromatic N) is 4. The Hall–Kier alpha value is -1.53. The van der Waals surface area contributed by atoms with Crippen molar-refractivity contribution in [1.29, 1.82) is 0 Å². The SMILES string of the molecule is CN1CCN(Cc2cnccn2)CC(C(N)=O)C1. The number of nitrogens with two attached hydrogens (primary N) is 1. The molecule has 1 unspecified atom stereocenters. The first-order valence-electron chi connectivity index (χ1n) is 6.10. The van der Waals surface area contributed by atoms with Crippen molar-refractivity contribution in [3.05, 3.63) is 24.3 Å². The lowest BCUT2D eigenvalue weighted by atomic mass is 10.1. The lowest BCUT2D eigenvalue weighted by Gasteiger charge is -2.21. The summed E-state index contributed by atoms with van der Waals surface area (Å²) in [6, 6.07) is 0. The molecule has 2 heterocycles. The number of aromatic nitrogens is 2. The fourth-order valence-corrected chi connectivity index (χ4v) is 2.20. The van der Waals surface area contributed by atoms with E-state index in [9.17, 15) is 4.79 Å². The quantitative estimate of drug-likeness (QED) is 0.768. The molecule has 0 saturated carbocycles. The van der Waals surface area contributed by atoms with Gasteiger partial charge in [-0.1, -0.05) is 0 Å². The van der Waals surface area contributed by atoms with Gasteiger partial charge >= 0.3 is 0 Å². The molecule has 18 heavy (non-hydrogen) atoms. The third kappa shape index (κ3) is 3.48. The van der Waals surface area contributed by atoms with E-state index in [0.29, 0.717) is 13.1 Å². The molecule has 1 aromatic heterocycles. The Kier molecular flexibility index (Phi) is 4.22. The molecule has 1 aliphatic rings. The molecule has 6 nitrogen and oxygen atoms in total. The number of carbonyl (C=O) groups is 1. The van der Waals surface area contributed by atoms with E-state index >= 15 is 0 Å². The summed E-state index contributed by atoms with van der Waals surface area (Å²) in [6.45, 7) is 3.98. The van der Waals surface area contributed by atoms with Gasteiger partial charge in [0.05, 0.1) is 11.6 Å². The van der Waals surface area contributed by atoms with Gasteiger partial charge in [0.25, 0.3) is 0 Å². The van der Waals surface area contributed by atoms with Crippen molar-refractivity contribution in [3.63, 3.8) is 0 Å². The summed E-state index contributed by atoms with van der Waals surface area (Å²) >= 11 is 0. The second kappa shape index (κ2) is 5.88. The summed E-state index contributed by atoms with van der Waals surface area (Å²) in [5.41, 5.74) is 6.36. The predicted molar refractivity (Wildman–Crippen MR) is 67.5 cm³/mol. The fourth-order valence-electron chi connectivity index (χ4n) is 2.20. The van der Waals surface area contributed by atoms with Gasteiger partial charge in [-0.25, -0.2) is 0 Å². The highest BCUT2D eigenvalue weighted by atomic mass is 16.1. The van der Waals surface area contributed by atoms with Crippen LogP contribution < -0.4 is 5.73 Å². The van der Waals surface area contributed by atoms with E-state index in [1.165, 1.54) is 0 Å². The second-order valence-corrected chi connectivity index (χ2v) is 4.79. The second-order valence-electron chi connectivity index (χ2n) is 4.79. The first kappa shape index (κ1) is 12.9. The molecule has 0 bridgehead atoms. The van der Waals surface area contributed by atoms with E-state index in [1.807, 2.05) is 7.05 Å². The highest BCUT2D eigenvalue weighted by Gasteiger charge is 2.24. The van der Waals surface area contributed by atoms with Gasteiger partial charge in [0, 0.05) is 51.3 Å². The molecule has 1 amide bonds. The molecule has 0 aliphatic carbocycles. The number of rotatable bonds is 3. The molecule has 1 fully saturated rings. The molecule has 0 radical (unpaired) electrons. The van der Waals surface area contributed by atoms with Gasteiger partial charge in [0.2, 0.25) is 5.91 Å². The van der Waals surface area contributed by atoms with Crippen LogP contribution in [0, 0.1) is 5.92 Å². The van der Waals surface area contributed by atoms with Crippen LogP contribution in [0.5, 0.6) is 0 Å². The average molecular weight is 249 g/mol. The lowest BCUT2D eigenvalue weighted by molar-refractivity contribution is -0.122. The predicted octanol–water partition coefficient (Wildman–Crippen LogP) is -0.674. The van der Waals surface area contributed by atoms with E-state index in [1.54, 1.807) is 18.6 Å². The summed E-state index contributed by atoms with van der Waals surface area (Å²) in [4.78, 5) is 24.1. The van der Waals surface area contributed by atoms with Crippen LogP contribution in [-0.4, -0.2) is 58.9 Å². The maximum atomic E-state index is 11.4. The molecule has 1 aromatic rings. The van der Waals surface area contributed by atoms with Crippen LogP contribution in [0.3, 0.4) is 0 Å². The van der Waals surface area contributed by atoms with Crippen LogP contribution in [0.15, 0.2) is 18.6 Å². The Morgan fingerprint density at radius 2 is 2.28 bits per heavy atom. The Morgan fingerprint density at radius 3 is 2.94 bits per heavy atom. The van der Waals surface area contributed by atoms with Crippen molar-refractivity contribution < 1.29 is 4.79 Å². The number of hydrogen-bond donors (Lipinski definition) is 1. The minimum atomic E-state index is -0.229. The molecule has 0 aromatic carbocycles. The molecule has 1 saturated heterocycles. The van der Waals surface area contributed by atoms with Crippen molar-refractivity contribution in [1.82, 2.24) is 19.8 Å². The van der Waals surface area contributed by atoms with Gasteiger partial charge in [-0.2, -0.15) is 0 Å². The van der Waals surface area contributed by atoms with Gasteiger partial charge in [0.1, 0.15) is 0 Å². The number of likely N-dealkylation sites (N-methyl/N-ethyl adjacent to an activating group) is 1. The summed E-state index contributed by atoms with van der Waals surface area (Å²) in [6.07, 6.45) is 5.10. The molecule has 2 N–H and O–H groups in total. The lowest BCUT2D eigenvalue weighted by Crippen LogP contribution is -2.37. The molecular weight excluding hydrogens is 230 g/mol. The molecule has 1 atom stereocenters. The molecular formula is C12H19N5O. The molecule has 98 valence electrons. The minimum absolute atomic E-state index is 0.117. The normalized spacial score (nSPS) is 22.6. The summed E-state index contributed by atoms with van der Waals surface area (Å²) in [5.74, 6) is -0.345. The standard InChI is InChI=1S/C12H19N5O/c1-16-4-5-17(8-10(7-16)12(13)18)9-11-6-14-2-3-15-11/h2-3,6,10H,4-5,7-9H2,1H3,(H2,13,18). The topological polar surface area (TPSA) is 75.3 Å². The third-order valence-corrected chi connectivity index (χ3v) is 3.21. The van der Waals surface area contributed by atoms with Gasteiger partial charge in [0.15, 0.2) is 0 Å². The molecule has 1 aliphatic heterocycles. The maximum Gasteiger partial charge on any atom is 0.223 e. The Labute approximate surface area is 107 Å². The Bertz CT molecular complexity index is 397. The summed E-state index contributed by atoms with van der Waals surface area (Å²) in [5, 5.41) is 0. The highest BCUT2D eigenvalue weighted by molar-refractivity contribution is 5.77. The van der Waals surface area contributed by atoms with Gasteiger partial charge in [-0.05, 0) is 7.05 Å². The monoisotopic (exact) mass is 249 g/mol. The summed E-state index contributed by atoms with van der Waals surface area (Å²) in [7, 11) is 2.02. The van der Waals surface area contributed by atoms with Gasteiger partial charge in [-0.15, -0.1) is 0 Å². The summed E-state index contributed by atoms with van der Waals surface area (Å²) < 4.78 is 0. The maximum absolute atomic E-state index is 11.4. The zero-order valence-electron chi connectivity index (χ0n) is 10.6. The fraction of sp³-hybridized carbons (Fsp3) is 0.583. The first-order valence-corrected chi connectivity index (χ1v) is 6.10.